The van der Waals surface area contributed by atoms with Crippen molar-refractivity contribution in [2.24, 2.45) is 5.92 Å². The van der Waals surface area contributed by atoms with Crippen molar-refractivity contribution in [1.82, 2.24) is 9.88 Å². The molecule has 98 valence electrons. The van der Waals surface area contributed by atoms with E-state index in [1.165, 1.54) is 0 Å². The summed E-state index contributed by atoms with van der Waals surface area (Å²) >= 11 is 0. The third-order valence-corrected chi connectivity index (χ3v) is 3.46. The van der Waals surface area contributed by atoms with Crippen molar-refractivity contribution in [2.45, 2.75) is 12.8 Å². The van der Waals surface area contributed by atoms with Gasteiger partial charge >= 0.3 is 0 Å². The minimum absolute atomic E-state index is 0.0892. The number of pyridine rings is 1. The molecule has 1 amide bonds. The highest BCUT2D eigenvalue weighted by atomic mass is 16.2. The topological polar surface area (TPSA) is 62.5 Å². The number of rotatable bonds is 2. The zero-order chi connectivity index (χ0) is 13.1. The number of hydrogen-bond donors (Lipinski definition) is 1. The number of nitrogens with zero attached hydrogens (tertiary/aromatic N) is 3. The van der Waals surface area contributed by atoms with Crippen molar-refractivity contribution in [3.8, 4) is 0 Å². The summed E-state index contributed by atoms with van der Waals surface area (Å²) in [6.07, 6.45) is 3.69. The Labute approximate surface area is 108 Å². The monoisotopic (exact) mass is 248 g/mol. The van der Waals surface area contributed by atoms with E-state index in [4.69, 9.17) is 5.73 Å². The molecule has 0 aliphatic carbocycles. The van der Waals surface area contributed by atoms with Gasteiger partial charge in [-0.05, 0) is 38.6 Å². The highest BCUT2D eigenvalue weighted by Gasteiger charge is 2.26. The van der Waals surface area contributed by atoms with Crippen LogP contribution in [-0.2, 0) is 4.79 Å². The van der Waals surface area contributed by atoms with Crippen LogP contribution >= 0.6 is 0 Å². The van der Waals surface area contributed by atoms with E-state index >= 15 is 0 Å². The second kappa shape index (κ2) is 5.35. The van der Waals surface area contributed by atoms with E-state index in [1.54, 1.807) is 24.2 Å². The largest absolute Gasteiger partial charge is 0.384 e. The first kappa shape index (κ1) is 12.8. The Morgan fingerprint density at radius 2 is 2.33 bits per heavy atom. The molecule has 0 saturated carbocycles. The maximum Gasteiger partial charge on any atom is 0.231 e. The summed E-state index contributed by atoms with van der Waals surface area (Å²) in [6.45, 7) is 1.92. The number of aromatic nitrogens is 1. The summed E-state index contributed by atoms with van der Waals surface area (Å²) in [5, 5.41) is 0. The van der Waals surface area contributed by atoms with Crippen LogP contribution in [0.4, 0.5) is 11.5 Å². The third-order valence-electron chi connectivity index (χ3n) is 3.46. The van der Waals surface area contributed by atoms with Gasteiger partial charge in [-0.2, -0.15) is 0 Å². The fourth-order valence-corrected chi connectivity index (χ4v) is 2.36. The molecule has 1 unspecified atom stereocenters. The number of nitrogens with two attached hydrogens (primary N) is 1. The average Bonchev–Trinajstić information content (AvgIpc) is 2.38. The van der Waals surface area contributed by atoms with E-state index in [0.717, 1.165) is 31.6 Å². The summed E-state index contributed by atoms with van der Waals surface area (Å²) in [6, 6.07) is 3.54. The zero-order valence-corrected chi connectivity index (χ0v) is 11.0. The van der Waals surface area contributed by atoms with Gasteiger partial charge in [-0.15, -0.1) is 0 Å². The summed E-state index contributed by atoms with van der Waals surface area (Å²) in [5.41, 5.74) is 6.34. The number of carbonyl (C=O) groups is 1. The Kier molecular flexibility index (Phi) is 3.81. The molecule has 1 aromatic rings. The molecular weight excluding hydrogens is 228 g/mol. The third kappa shape index (κ3) is 2.79. The molecule has 1 aliphatic heterocycles. The molecule has 5 heteroatoms. The first-order chi connectivity index (χ1) is 8.58. The molecule has 0 aromatic carbocycles. The summed E-state index contributed by atoms with van der Waals surface area (Å²) in [4.78, 5) is 20.3. The lowest BCUT2D eigenvalue weighted by atomic mass is 9.97. The zero-order valence-electron chi connectivity index (χ0n) is 11.0. The highest BCUT2D eigenvalue weighted by molar-refractivity contribution is 5.94. The first-order valence-corrected chi connectivity index (χ1v) is 6.25. The van der Waals surface area contributed by atoms with Gasteiger partial charge in [-0.25, -0.2) is 4.98 Å². The van der Waals surface area contributed by atoms with E-state index < -0.39 is 0 Å². The van der Waals surface area contributed by atoms with Gasteiger partial charge in [-0.3, -0.25) is 4.79 Å². The lowest BCUT2D eigenvalue weighted by Crippen LogP contribution is -2.42. The Hall–Kier alpha value is -1.62. The van der Waals surface area contributed by atoms with Crippen molar-refractivity contribution in [3.63, 3.8) is 0 Å². The fourth-order valence-electron chi connectivity index (χ4n) is 2.36. The molecule has 1 fully saturated rings. The van der Waals surface area contributed by atoms with E-state index in [2.05, 4.69) is 16.9 Å². The number of hydrogen-bond acceptors (Lipinski definition) is 4. The molecule has 2 rings (SSSR count). The maximum atomic E-state index is 12.4. The number of likely N-dealkylation sites (tertiary alicyclic amines) is 1. The maximum absolute atomic E-state index is 12.4. The van der Waals surface area contributed by atoms with Crippen molar-refractivity contribution in [1.29, 1.82) is 0 Å². The Bertz CT molecular complexity index is 418. The first-order valence-electron chi connectivity index (χ1n) is 6.25. The number of carbonyl (C=O) groups excluding carboxylic acids is 1. The van der Waals surface area contributed by atoms with Gasteiger partial charge in [0.2, 0.25) is 5.91 Å². The number of piperidine rings is 1. The quantitative estimate of drug-likeness (QED) is 0.847. The van der Waals surface area contributed by atoms with Gasteiger partial charge in [0.25, 0.3) is 0 Å². The molecule has 5 nitrogen and oxygen atoms in total. The summed E-state index contributed by atoms with van der Waals surface area (Å²) < 4.78 is 0. The van der Waals surface area contributed by atoms with Gasteiger partial charge in [0.1, 0.15) is 5.82 Å². The minimum Gasteiger partial charge on any atom is -0.384 e. The van der Waals surface area contributed by atoms with E-state index in [-0.39, 0.29) is 11.8 Å². The Morgan fingerprint density at radius 3 is 2.94 bits per heavy atom. The van der Waals surface area contributed by atoms with Crippen LogP contribution in [0, 0.1) is 5.92 Å². The SMILES string of the molecule is CN1CCCC(C(=O)N(C)c2ccc(N)nc2)C1. The van der Waals surface area contributed by atoms with Crippen molar-refractivity contribution in [3.05, 3.63) is 18.3 Å². The normalized spacial score (nSPS) is 20.7. The summed E-state index contributed by atoms with van der Waals surface area (Å²) in [7, 11) is 3.86. The minimum atomic E-state index is 0.0892. The number of amides is 1. The van der Waals surface area contributed by atoms with Gasteiger partial charge in [0, 0.05) is 13.6 Å². The molecule has 2 heterocycles. The molecule has 0 radical (unpaired) electrons. The molecule has 18 heavy (non-hydrogen) atoms. The van der Waals surface area contributed by atoms with Crippen LogP contribution in [0.15, 0.2) is 18.3 Å². The number of nitrogen functional groups attached to an aromatic ring is 1. The van der Waals surface area contributed by atoms with Crippen LogP contribution < -0.4 is 10.6 Å². The molecule has 0 bridgehead atoms. The molecule has 0 spiro atoms. The van der Waals surface area contributed by atoms with Crippen LogP contribution in [0.2, 0.25) is 0 Å². The molecular formula is C13H20N4O. The van der Waals surface area contributed by atoms with Crippen LogP contribution in [0.25, 0.3) is 0 Å². The van der Waals surface area contributed by atoms with Crippen LogP contribution in [0.3, 0.4) is 0 Å². The molecule has 1 saturated heterocycles. The Balaban J connectivity index is 2.06. The van der Waals surface area contributed by atoms with Crippen molar-refractivity contribution < 1.29 is 4.79 Å². The number of anilines is 2. The summed E-state index contributed by atoms with van der Waals surface area (Å²) in [5.74, 6) is 0.719. The smallest absolute Gasteiger partial charge is 0.231 e. The predicted molar refractivity (Wildman–Crippen MR) is 72.3 cm³/mol. The van der Waals surface area contributed by atoms with Crippen LogP contribution in [0.5, 0.6) is 0 Å². The lowest BCUT2D eigenvalue weighted by molar-refractivity contribution is -0.123. The second-order valence-electron chi connectivity index (χ2n) is 4.94. The average molecular weight is 248 g/mol. The van der Waals surface area contributed by atoms with Gasteiger partial charge in [0.05, 0.1) is 17.8 Å². The van der Waals surface area contributed by atoms with Crippen LogP contribution in [-0.4, -0.2) is 43.0 Å². The lowest BCUT2D eigenvalue weighted by Gasteiger charge is -2.31. The second-order valence-corrected chi connectivity index (χ2v) is 4.94. The molecule has 2 N–H and O–H groups in total. The fraction of sp³-hybridized carbons (Fsp3) is 0.538. The standard InChI is InChI=1S/C13H20N4O/c1-16-7-3-4-10(9-16)13(18)17(2)11-5-6-12(14)15-8-11/h5-6,8,10H,3-4,7,9H2,1-2H3,(H2,14,15). The van der Waals surface area contributed by atoms with E-state index in [0.29, 0.717) is 5.82 Å². The van der Waals surface area contributed by atoms with E-state index in [1.807, 2.05) is 6.07 Å². The van der Waals surface area contributed by atoms with Gasteiger partial charge in [-0.1, -0.05) is 0 Å². The van der Waals surface area contributed by atoms with Crippen molar-refractivity contribution >= 4 is 17.4 Å². The predicted octanol–water partition coefficient (Wildman–Crippen LogP) is 0.968. The molecule has 1 aromatic heterocycles. The Morgan fingerprint density at radius 1 is 1.56 bits per heavy atom. The van der Waals surface area contributed by atoms with Crippen molar-refractivity contribution in [2.75, 3.05) is 37.8 Å². The van der Waals surface area contributed by atoms with E-state index in [9.17, 15) is 4.79 Å². The van der Waals surface area contributed by atoms with Crippen LogP contribution in [0.1, 0.15) is 12.8 Å². The molecule has 1 atom stereocenters. The highest BCUT2D eigenvalue weighted by Crippen LogP contribution is 2.21. The van der Waals surface area contributed by atoms with Gasteiger partial charge < -0.3 is 15.5 Å². The molecule has 1 aliphatic rings. The van der Waals surface area contributed by atoms with Gasteiger partial charge in [0.15, 0.2) is 0 Å².